The van der Waals surface area contributed by atoms with Crippen LogP contribution in [0.15, 0.2) is 60.0 Å². The lowest BCUT2D eigenvalue weighted by Crippen LogP contribution is -2.05. The van der Waals surface area contributed by atoms with E-state index in [1.165, 1.54) is 11.3 Å². The van der Waals surface area contributed by atoms with Crippen molar-refractivity contribution in [3.05, 3.63) is 71.2 Å². The van der Waals surface area contributed by atoms with Gasteiger partial charge >= 0.3 is 5.97 Å². The molecule has 116 valence electrons. The van der Waals surface area contributed by atoms with Crippen molar-refractivity contribution in [1.82, 2.24) is 4.98 Å². The first kappa shape index (κ1) is 15.2. The zero-order valence-corrected chi connectivity index (χ0v) is 13.4. The summed E-state index contributed by atoms with van der Waals surface area (Å²) in [6.07, 6.45) is 0. The van der Waals surface area contributed by atoms with E-state index in [1.807, 2.05) is 35.7 Å². The zero-order valence-electron chi connectivity index (χ0n) is 12.6. The molecule has 1 aromatic heterocycles. The van der Waals surface area contributed by atoms with E-state index in [0.29, 0.717) is 5.56 Å². The molecular formula is C18H15NO3S. The summed E-state index contributed by atoms with van der Waals surface area (Å²) >= 11 is 1.52. The summed E-state index contributed by atoms with van der Waals surface area (Å²) in [5, 5.41) is 2.79. The van der Waals surface area contributed by atoms with Crippen LogP contribution in [0.1, 0.15) is 16.1 Å². The molecule has 0 saturated carbocycles. The average molecular weight is 325 g/mol. The second-order valence-corrected chi connectivity index (χ2v) is 5.67. The molecule has 3 rings (SSSR count). The summed E-state index contributed by atoms with van der Waals surface area (Å²) in [5.41, 5.74) is 2.29. The van der Waals surface area contributed by atoms with E-state index in [0.717, 1.165) is 22.0 Å². The number of nitrogens with zero attached hydrogens (tertiary/aromatic N) is 1. The van der Waals surface area contributed by atoms with Gasteiger partial charge in [-0.05, 0) is 36.4 Å². The Labute approximate surface area is 138 Å². The summed E-state index contributed by atoms with van der Waals surface area (Å²) in [4.78, 5) is 16.4. The van der Waals surface area contributed by atoms with E-state index in [-0.39, 0.29) is 12.6 Å². The predicted octanol–water partition coefficient (Wildman–Crippen LogP) is 4.18. The van der Waals surface area contributed by atoms with E-state index < -0.39 is 0 Å². The van der Waals surface area contributed by atoms with Gasteiger partial charge in [-0.2, -0.15) is 0 Å². The van der Waals surface area contributed by atoms with Crippen molar-refractivity contribution in [3.8, 4) is 16.3 Å². The molecule has 0 aliphatic carbocycles. The normalized spacial score (nSPS) is 10.3. The molecule has 0 spiro atoms. The SMILES string of the molecule is COc1ccc(-c2nc(COC(=O)c3ccccc3)cs2)cc1. The number of methoxy groups -OCH3 is 1. The topological polar surface area (TPSA) is 48.4 Å². The lowest BCUT2D eigenvalue weighted by Gasteiger charge is -2.02. The number of thiazole rings is 1. The quantitative estimate of drug-likeness (QED) is 0.660. The molecule has 0 saturated heterocycles. The molecular weight excluding hydrogens is 310 g/mol. The highest BCUT2D eigenvalue weighted by Gasteiger charge is 2.09. The molecule has 0 aliphatic heterocycles. The highest BCUT2D eigenvalue weighted by Crippen LogP contribution is 2.26. The fourth-order valence-electron chi connectivity index (χ4n) is 2.04. The Bertz CT molecular complexity index is 782. The maximum Gasteiger partial charge on any atom is 0.338 e. The van der Waals surface area contributed by atoms with Gasteiger partial charge in [0, 0.05) is 10.9 Å². The van der Waals surface area contributed by atoms with E-state index in [1.54, 1.807) is 31.4 Å². The minimum Gasteiger partial charge on any atom is -0.497 e. The Hall–Kier alpha value is -2.66. The van der Waals surface area contributed by atoms with Gasteiger partial charge in [0.2, 0.25) is 0 Å². The van der Waals surface area contributed by atoms with E-state index in [4.69, 9.17) is 9.47 Å². The molecule has 4 nitrogen and oxygen atoms in total. The van der Waals surface area contributed by atoms with E-state index >= 15 is 0 Å². The largest absolute Gasteiger partial charge is 0.497 e. The van der Waals surface area contributed by atoms with Gasteiger partial charge in [0.1, 0.15) is 17.4 Å². The first-order valence-electron chi connectivity index (χ1n) is 7.07. The monoisotopic (exact) mass is 325 g/mol. The number of carbonyl (C=O) groups is 1. The Morgan fingerprint density at radius 3 is 2.52 bits per heavy atom. The van der Waals surface area contributed by atoms with E-state index in [2.05, 4.69) is 4.98 Å². The van der Waals surface area contributed by atoms with Crippen LogP contribution in [0.5, 0.6) is 5.75 Å². The smallest absolute Gasteiger partial charge is 0.338 e. The van der Waals surface area contributed by atoms with Gasteiger partial charge in [-0.1, -0.05) is 18.2 Å². The van der Waals surface area contributed by atoms with Gasteiger partial charge in [0.25, 0.3) is 0 Å². The molecule has 0 radical (unpaired) electrons. The molecule has 1 heterocycles. The second kappa shape index (κ2) is 7.07. The number of rotatable bonds is 5. The van der Waals surface area contributed by atoms with Crippen LogP contribution < -0.4 is 4.74 Å². The fourth-order valence-corrected chi connectivity index (χ4v) is 2.85. The van der Waals surface area contributed by atoms with Crippen LogP contribution in [-0.2, 0) is 11.3 Å². The molecule has 0 N–H and O–H groups in total. The van der Waals surface area contributed by atoms with Gasteiger partial charge in [0.15, 0.2) is 0 Å². The molecule has 5 heteroatoms. The third-order valence-electron chi connectivity index (χ3n) is 3.25. The minimum absolute atomic E-state index is 0.167. The van der Waals surface area contributed by atoms with Crippen LogP contribution in [0.3, 0.4) is 0 Å². The third kappa shape index (κ3) is 3.76. The molecule has 3 aromatic rings. The van der Waals surface area contributed by atoms with Crippen molar-refractivity contribution in [3.63, 3.8) is 0 Å². The van der Waals surface area contributed by atoms with Gasteiger partial charge < -0.3 is 9.47 Å². The van der Waals surface area contributed by atoms with Crippen LogP contribution in [0.25, 0.3) is 10.6 Å². The molecule has 2 aromatic carbocycles. The minimum atomic E-state index is -0.343. The van der Waals surface area contributed by atoms with E-state index in [9.17, 15) is 4.79 Å². The van der Waals surface area contributed by atoms with Crippen molar-refractivity contribution in [2.45, 2.75) is 6.61 Å². The Morgan fingerprint density at radius 2 is 1.83 bits per heavy atom. The predicted molar refractivity (Wildman–Crippen MR) is 89.7 cm³/mol. The number of ether oxygens (including phenoxy) is 2. The van der Waals surface area contributed by atoms with Gasteiger partial charge in [-0.15, -0.1) is 11.3 Å². The standard InChI is InChI=1S/C18H15NO3S/c1-21-16-9-7-13(8-10-16)17-19-15(12-23-17)11-22-18(20)14-5-3-2-4-6-14/h2-10,12H,11H2,1H3. The van der Waals surface area contributed by atoms with Gasteiger partial charge in [-0.25, -0.2) is 9.78 Å². The van der Waals surface area contributed by atoms with Crippen LogP contribution in [0.2, 0.25) is 0 Å². The third-order valence-corrected chi connectivity index (χ3v) is 4.19. The average Bonchev–Trinajstić information content (AvgIpc) is 3.09. The molecule has 0 atom stereocenters. The number of esters is 1. The summed E-state index contributed by atoms with van der Waals surface area (Å²) in [6, 6.07) is 16.6. The van der Waals surface area contributed by atoms with Crippen molar-refractivity contribution in [2.75, 3.05) is 7.11 Å². The van der Waals surface area contributed by atoms with Crippen molar-refractivity contribution < 1.29 is 14.3 Å². The number of carbonyl (C=O) groups excluding carboxylic acids is 1. The summed E-state index contributed by atoms with van der Waals surface area (Å²) in [7, 11) is 1.64. The molecule has 0 bridgehead atoms. The molecule has 0 unspecified atom stereocenters. The van der Waals surface area contributed by atoms with Crippen LogP contribution >= 0.6 is 11.3 Å². The Balaban J connectivity index is 1.64. The van der Waals surface area contributed by atoms with Crippen LogP contribution in [0.4, 0.5) is 0 Å². The molecule has 0 amide bonds. The number of benzene rings is 2. The van der Waals surface area contributed by atoms with Gasteiger partial charge in [-0.3, -0.25) is 0 Å². The molecule has 0 fully saturated rings. The van der Waals surface area contributed by atoms with Crippen molar-refractivity contribution in [2.24, 2.45) is 0 Å². The highest BCUT2D eigenvalue weighted by molar-refractivity contribution is 7.13. The Morgan fingerprint density at radius 1 is 1.09 bits per heavy atom. The fraction of sp³-hybridized carbons (Fsp3) is 0.111. The van der Waals surface area contributed by atoms with Crippen molar-refractivity contribution >= 4 is 17.3 Å². The number of hydrogen-bond acceptors (Lipinski definition) is 5. The first-order valence-corrected chi connectivity index (χ1v) is 7.95. The first-order chi connectivity index (χ1) is 11.3. The maximum atomic E-state index is 11.9. The highest BCUT2D eigenvalue weighted by atomic mass is 32.1. The summed E-state index contributed by atoms with van der Waals surface area (Å²) in [6.45, 7) is 0.167. The lowest BCUT2D eigenvalue weighted by atomic mass is 10.2. The molecule has 23 heavy (non-hydrogen) atoms. The maximum absolute atomic E-state index is 11.9. The summed E-state index contributed by atoms with van der Waals surface area (Å²) in [5.74, 6) is 0.465. The van der Waals surface area contributed by atoms with Crippen LogP contribution in [0, 0.1) is 0 Å². The second-order valence-electron chi connectivity index (χ2n) is 4.81. The number of hydrogen-bond donors (Lipinski definition) is 0. The number of aromatic nitrogens is 1. The zero-order chi connectivity index (χ0) is 16.1. The van der Waals surface area contributed by atoms with Crippen molar-refractivity contribution in [1.29, 1.82) is 0 Å². The summed E-state index contributed by atoms with van der Waals surface area (Å²) < 4.78 is 10.4. The van der Waals surface area contributed by atoms with Gasteiger partial charge in [0.05, 0.1) is 18.4 Å². The Kier molecular flexibility index (Phi) is 4.68. The lowest BCUT2D eigenvalue weighted by molar-refractivity contribution is 0.0468. The molecule has 0 aliphatic rings. The van der Waals surface area contributed by atoms with Crippen LogP contribution in [-0.4, -0.2) is 18.1 Å².